The summed E-state index contributed by atoms with van der Waals surface area (Å²) >= 11 is 0. The van der Waals surface area contributed by atoms with Gasteiger partial charge in [-0.15, -0.1) is 0 Å². The molecular formula is C28H40N4O6. The standard InChI is InChI=1S/C28H40N4O6/c1-28(2,3)38-27(36)31-18-20(16-21(19-31)26(35)30-11-14-37-15-12-30)17-24(34)25-29-22-8-4-5-9-23(22)32(25)10-6-7-13-33/h4-5,8-9,20-21,33H,6-7,10-19H2,1-3H3/t20?,21-/m1/s1. The summed E-state index contributed by atoms with van der Waals surface area (Å²) in [6.07, 6.45) is 1.59. The number of benzene rings is 1. The molecule has 0 radical (unpaired) electrons. The zero-order valence-corrected chi connectivity index (χ0v) is 22.7. The van der Waals surface area contributed by atoms with Crippen LogP contribution in [0.25, 0.3) is 11.0 Å². The number of fused-ring (bicyclic) bond motifs is 1. The van der Waals surface area contributed by atoms with Gasteiger partial charge < -0.3 is 28.9 Å². The number of rotatable bonds is 8. The molecule has 1 unspecified atom stereocenters. The minimum Gasteiger partial charge on any atom is -0.444 e. The van der Waals surface area contributed by atoms with E-state index < -0.39 is 17.6 Å². The number of Topliss-reactive ketones (excluding diaryl/α,β-unsaturated/α-hetero) is 1. The molecule has 0 aliphatic carbocycles. The third kappa shape index (κ3) is 6.91. The molecule has 38 heavy (non-hydrogen) atoms. The second-order valence-corrected chi connectivity index (χ2v) is 11.3. The SMILES string of the molecule is CC(C)(C)OC(=O)N1CC(CC(=O)c2nc3ccccc3n2CCCCO)C[C@@H](C(=O)N2CCOCC2)C1. The van der Waals surface area contributed by atoms with Crippen LogP contribution in [0.1, 0.15) is 57.1 Å². The lowest BCUT2D eigenvalue weighted by Gasteiger charge is -2.40. The molecule has 0 saturated carbocycles. The summed E-state index contributed by atoms with van der Waals surface area (Å²) in [5.41, 5.74) is 0.968. The average Bonchev–Trinajstić information content (AvgIpc) is 3.26. The van der Waals surface area contributed by atoms with Crippen LogP contribution in [0.4, 0.5) is 4.79 Å². The molecule has 2 atom stereocenters. The van der Waals surface area contributed by atoms with Crippen LogP contribution in [0, 0.1) is 11.8 Å². The average molecular weight is 529 g/mol. The van der Waals surface area contributed by atoms with E-state index >= 15 is 0 Å². The molecule has 2 aliphatic heterocycles. The third-order valence-corrected chi connectivity index (χ3v) is 7.03. The van der Waals surface area contributed by atoms with Crippen LogP contribution in [0.5, 0.6) is 0 Å². The highest BCUT2D eigenvalue weighted by molar-refractivity contribution is 5.96. The number of aromatic nitrogens is 2. The lowest BCUT2D eigenvalue weighted by atomic mass is 9.85. The number of para-hydroxylation sites is 2. The highest BCUT2D eigenvalue weighted by atomic mass is 16.6. The topological polar surface area (TPSA) is 114 Å². The molecular weight excluding hydrogens is 488 g/mol. The van der Waals surface area contributed by atoms with E-state index in [4.69, 9.17) is 9.47 Å². The van der Waals surface area contributed by atoms with Crippen molar-refractivity contribution < 1.29 is 29.0 Å². The van der Waals surface area contributed by atoms with Gasteiger partial charge in [0.25, 0.3) is 0 Å². The number of piperidine rings is 1. The van der Waals surface area contributed by atoms with E-state index in [9.17, 15) is 19.5 Å². The number of amides is 2. The number of aliphatic hydroxyl groups is 1. The van der Waals surface area contributed by atoms with Crippen molar-refractivity contribution in [1.29, 1.82) is 0 Å². The summed E-state index contributed by atoms with van der Waals surface area (Å²) in [7, 11) is 0. The first-order valence-corrected chi connectivity index (χ1v) is 13.6. The zero-order chi connectivity index (χ0) is 27.3. The molecule has 10 heteroatoms. The Morgan fingerprint density at radius 2 is 1.82 bits per heavy atom. The number of ketones is 1. The van der Waals surface area contributed by atoms with Gasteiger partial charge in [-0.25, -0.2) is 9.78 Å². The molecule has 1 N–H and O–H groups in total. The van der Waals surface area contributed by atoms with Gasteiger partial charge in [-0.05, 0) is 58.1 Å². The summed E-state index contributed by atoms with van der Waals surface area (Å²) in [6.45, 7) is 8.80. The number of nitrogens with zero attached hydrogens (tertiary/aromatic N) is 4. The number of unbranched alkanes of at least 4 members (excludes halogenated alkanes) is 1. The van der Waals surface area contributed by atoms with Gasteiger partial charge in [-0.3, -0.25) is 9.59 Å². The summed E-state index contributed by atoms with van der Waals surface area (Å²) < 4.78 is 13.0. The zero-order valence-electron chi connectivity index (χ0n) is 22.7. The van der Waals surface area contributed by atoms with Gasteiger partial charge in [0, 0.05) is 45.8 Å². The van der Waals surface area contributed by atoms with Crippen molar-refractivity contribution in [2.24, 2.45) is 11.8 Å². The number of hydrogen-bond acceptors (Lipinski definition) is 7. The fraction of sp³-hybridized carbons (Fsp3) is 0.643. The molecule has 2 aliphatic rings. The van der Waals surface area contributed by atoms with Crippen molar-refractivity contribution in [2.45, 2.75) is 58.6 Å². The smallest absolute Gasteiger partial charge is 0.410 e. The van der Waals surface area contributed by atoms with Gasteiger partial charge in [0.05, 0.1) is 30.2 Å². The molecule has 10 nitrogen and oxygen atoms in total. The Labute approximate surface area is 223 Å². The molecule has 1 aromatic carbocycles. The number of likely N-dealkylation sites (tertiary alicyclic amines) is 1. The predicted octanol–water partition coefficient (Wildman–Crippen LogP) is 3.11. The monoisotopic (exact) mass is 528 g/mol. The fourth-order valence-electron chi connectivity index (χ4n) is 5.30. The Hall–Kier alpha value is -2.98. The molecule has 2 aromatic rings. The van der Waals surface area contributed by atoms with Crippen LogP contribution in [-0.2, 0) is 20.8 Å². The van der Waals surface area contributed by atoms with E-state index in [-0.39, 0.29) is 37.2 Å². The minimum atomic E-state index is -0.664. The van der Waals surface area contributed by atoms with Crippen LogP contribution in [0.15, 0.2) is 24.3 Å². The normalized spacial score (nSPS) is 20.5. The van der Waals surface area contributed by atoms with Crippen molar-refractivity contribution >= 4 is 28.8 Å². The summed E-state index contributed by atoms with van der Waals surface area (Å²) in [5.74, 6) is -0.344. The minimum absolute atomic E-state index is 0.00440. The summed E-state index contributed by atoms with van der Waals surface area (Å²) in [6, 6.07) is 7.64. The largest absolute Gasteiger partial charge is 0.444 e. The third-order valence-electron chi connectivity index (χ3n) is 7.03. The first-order valence-electron chi connectivity index (χ1n) is 13.6. The van der Waals surface area contributed by atoms with Gasteiger partial charge in [0.1, 0.15) is 5.60 Å². The molecule has 2 fully saturated rings. The molecule has 4 rings (SSSR count). The van der Waals surface area contributed by atoms with Crippen molar-refractivity contribution in [2.75, 3.05) is 46.0 Å². The highest BCUT2D eigenvalue weighted by Crippen LogP contribution is 2.29. The van der Waals surface area contributed by atoms with E-state index in [1.165, 1.54) is 0 Å². The van der Waals surface area contributed by atoms with Crippen LogP contribution >= 0.6 is 0 Å². The Morgan fingerprint density at radius 3 is 2.53 bits per heavy atom. The van der Waals surface area contributed by atoms with Gasteiger partial charge in [-0.1, -0.05) is 12.1 Å². The maximum absolute atomic E-state index is 13.6. The fourth-order valence-corrected chi connectivity index (χ4v) is 5.30. The van der Waals surface area contributed by atoms with Crippen LogP contribution in [0.3, 0.4) is 0 Å². The van der Waals surface area contributed by atoms with Gasteiger partial charge in [-0.2, -0.15) is 0 Å². The van der Waals surface area contributed by atoms with E-state index in [2.05, 4.69) is 4.98 Å². The quantitative estimate of drug-likeness (QED) is 0.414. The number of imidazole rings is 1. The van der Waals surface area contributed by atoms with Gasteiger partial charge in [0.15, 0.2) is 11.6 Å². The number of morpholine rings is 1. The van der Waals surface area contributed by atoms with Crippen molar-refractivity contribution in [3.05, 3.63) is 30.1 Å². The van der Waals surface area contributed by atoms with E-state index in [0.717, 1.165) is 17.5 Å². The number of hydrogen-bond donors (Lipinski definition) is 1. The number of carbonyl (C=O) groups excluding carboxylic acids is 3. The number of aryl methyl sites for hydroxylation is 1. The van der Waals surface area contributed by atoms with Crippen LogP contribution in [0.2, 0.25) is 0 Å². The second kappa shape index (κ2) is 12.3. The van der Waals surface area contributed by atoms with Crippen LogP contribution < -0.4 is 0 Å². The van der Waals surface area contributed by atoms with Crippen molar-refractivity contribution in [1.82, 2.24) is 19.4 Å². The predicted molar refractivity (Wildman–Crippen MR) is 142 cm³/mol. The molecule has 1 aromatic heterocycles. The summed E-state index contributed by atoms with van der Waals surface area (Å²) in [4.78, 5) is 48.1. The van der Waals surface area contributed by atoms with E-state index in [1.807, 2.05) is 49.6 Å². The Balaban J connectivity index is 1.55. The highest BCUT2D eigenvalue weighted by Gasteiger charge is 2.38. The maximum Gasteiger partial charge on any atom is 0.410 e. The first-order chi connectivity index (χ1) is 18.2. The second-order valence-electron chi connectivity index (χ2n) is 11.3. The lowest BCUT2D eigenvalue weighted by Crippen LogP contribution is -2.52. The summed E-state index contributed by atoms with van der Waals surface area (Å²) in [5, 5.41) is 9.23. The Bertz CT molecular complexity index is 1130. The van der Waals surface area contributed by atoms with E-state index in [0.29, 0.717) is 58.1 Å². The number of ether oxygens (including phenoxy) is 2. The Morgan fingerprint density at radius 1 is 1.08 bits per heavy atom. The Kier molecular flexibility index (Phi) is 9.04. The molecule has 3 heterocycles. The maximum atomic E-state index is 13.6. The number of carbonyl (C=O) groups is 3. The molecule has 2 saturated heterocycles. The molecule has 2 amide bonds. The van der Waals surface area contributed by atoms with Gasteiger partial charge >= 0.3 is 6.09 Å². The first kappa shape index (κ1) is 28.0. The molecule has 0 bridgehead atoms. The van der Waals surface area contributed by atoms with Gasteiger partial charge in [0.2, 0.25) is 5.91 Å². The van der Waals surface area contributed by atoms with E-state index in [1.54, 1.807) is 9.80 Å². The lowest BCUT2D eigenvalue weighted by molar-refractivity contribution is -0.142. The molecule has 0 spiro atoms. The van der Waals surface area contributed by atoms with Crippen molar-refractivity contribution in [3.63, 3.8) is 0 Å². The van der Waals surface area contributed by atoms with Crippen LogP contribution in [-0.4, -0.2) is 93.8 Å². The molecule has 208 valence electrons. The number of aliphatic hydroxyl groups excluding tert-OH is 1. The van der Waals surface area contributed by atoms with Crippen molar-refractivity contribution in [3.8, 4) is 0 Å².